The molecular formula is C35H32N4O4. The van der Waals surface area contributed by atoms with Gasteiger partial charge in [-0.05, 0) is 66.8 Å². The Kier molecular flexibility index (Phi) is 6.74. The van der Waals surface area contributed by atoms with Crippen LogP contribution in [0.4, 0.5) is 16.2 Å². The minimum atomic E-state index is -0.510. The van der Waals surface area contributed by atoms with Crippen molar-refractivity contribution in [3.05, 3.63) is 115 Å². The first-order valence-electron chi connectivity index (χ1n) is 14.4. The van der Waals surface area contributed by atoms with Crippen molar-refractivity contribution in [3.8, 4) is 17.2 Å². The molecule has 216 valence electrons. The summed E-state index contributed by atoms with van der Waals surface area (Å²) in [6.07, 6.45) is 3.73. The lowest BCUT2D eigenvalue weighted by Crippen LogP contribution is -2.48. The third-order valence-electron chi connectivity index (χ3n) is 8.30. The second kappa shape index (κ2) is 10.9. The average molecular weight is 573 g/mol. The molecule has 1 fully saturated rings. The minimum Gasteiger partial charge on any atom is -0.497 e. The molecule has 43 heavy (non-hydrogen) atoms. The number of fused-ring (bicyclic) bond motifs is 4. The van der Waals surface area contributed by atoms with Gasteiger partial charge < -0.3 is 24.3 Å². The van der Waals surface area contributed by atoms with E-state index in [0.29, 0.717) is 11.5 Å². The Bertz CT molecular complexity index is 1840. The minimum absolute atomic E-state index is 0.00706. The summed E-state index contributed by atoms with van der Waals surface area (Å²) in [5.74, 6) is 1.12. The summed E-state index contributed by atoms with van der Waals surface area (Å²) in [5, 5.41) is 5.09. The van der Waals surface area contributed by atoms with Crippen LogP contribution in [0.2, 0.25) is 0 Å². The molecule has 3 amide bonds. The standard InChI is InChI=1S/C35H32N4O4/c1-42-25-18-19-32(43-2)27(21-25)34-31-15-8-20-37(31)29-13-5-6-14-30(29)39(34)33(40)22-38(24-16-17-24)35(41)36-28-12-7-10-23-9-3-4-11-26(23)28/h3-15,18-21,24,34H,16-17,22H2,1-2H3,(H,36,41). The number of carbonyl (C=O) groups is 2. The number of urea groups is 1. The Balaban J connectivity index is 1.27. The van der Waals surface area contributed by atoms with E-state index in [0.717, 1.165) is 51.9 Å². The molecule has 1 unspecified atom stereocenters. The maximum atomic E-state index is 14.6. The predicted molar refractivity (Wildman–Crippen MR) is 167 cm³/mol. The molecule has 4 aromatic carbocycles. The molecule has 1 saturated carbocycles. The molecule has 0 saturated heterocycles. The van der Waals surface area contributed by atoms with E-state index < -0.39 is 6.04 Å². The van der Waals surface area contributed by atoms with Gasteiger partial charge >= 0.3 is 6.03 Å². The number of carbonyl (C=O) groups excluding carboxylic acids is 2. The fraction of sp³-hybridized carbons (Fsp3) is 0.200. The second-order valence-corrected chi connectivity index (χ2v) is 10.9. The van der Waals surface area contributed by atoms with E-state index in [2.05, 4.69) is 9.88 Å². The first-order valence-corrected chi connectivity index (χ1v) is 14.4. The SMILES string of the molecule is COc1ccc(OC)c(C2c3cccn3-c3ccccc3N2C(=O)CN(C(=O)Nc2cccc3ccccc23)C2CC2)c1. The normalized spacial score (nSPS) is 15.4. The highest BCUT2D eigenvalue weighted by molar-refractivity contribution is 6.04. The van der Waals surface area contributed by atoms with Crippen LogP contribution in [0.3, 0.4) is 0 Å². The predicted octanol–water partition coefficient (Wildman–Crippen LogP) is 6.78. The van der Waals surface area contributed by atoms with E-state index >= 15 is 0 Å². The number of hydrogen-bond donors (Lipinski definition) is 1. The van der Waals surface area contributed by atoms with Gasteiger partial charge in [0.25, 0.3) is 0 Å². The Morgan fingerprint density at radius 2 is 1.63 bits per heavy atom. The van der Waals surface area contributed by atoms with Crippen LogP contribution < -0.4 is 19.7 Å². The molecule has 8 nitrogen and oxygen atoms in total. The maximum absolute atomic E-state index is 14.6. The quantitative estimate of drug-likeness (QED) is 0.233. The van der Waals surface area contributed by atoms with E-state index in [9.17, 15) is 9.59 Å². The van der Waals surface area contributed by atoms with Gasteiger partial charge in [0.15, 0.2) is 0 Å². The van der Waals surface area contributed by atoms with Gasteiger partial charge in [-0.25, -0.2) is 4.79 Å². The molecule has 1 atom stereocenters. The topological polar surface area (TPSA) is 76.0 Å². The summed E-state index contributed by atoms with van der Waals surface area (Å²) in [5.41, 5.74) is 4.09. The van der Waals surface area contributed by atoms with Gasteiger partial charge in [0.1, 0.15) is 24.1 Å². The van der Waals surface area contributed by atoms with Crippen LogP contribution in [0.1, 0.15) is 30.1 Å². The van der Waals surface area contributed by atoms with Gasteiger partial charge in [-0.15, -0.1) is 0 Å². The van der Waals surface area contributed by atoms with Crippen molar-refractivity contribution >= 4 is 34.1 Å². The molecule has 5 aromatic rings. The summed E-state index contributed by atoms with van der Waals surface area (Å²) < 4.78 is 13.5. The van der Waals surface area contributed by atoms with Crippen molar-refractivity contribution in [3.63, 3.8) is 0 Å². The molecule has 0 radical (unpaired) electrons. The number of anilines is 2. The van der Waals surface area contributed by atoms with Crippen molar-refractivity contribution in [2.45, 2.75) is 24.9 Å². The maximum Gasteiger partial charge on any atom is 0.322 e. The number of ether oxygens (including phenoxy) is 2. The molecule has 1 N–H and O–H groups in total. The Morgan fingerprint density at radius 3 is 2.42 bits per heavy atom. The molecule has 2 heterocycles. The van der Waals surface area contributed by atoms with Crippen LogP contribution in [0.15, 0.2) is 103 Å². The Labute approximate surface area is 250 Å². The smallest absolute Gasteiger partial charge is 0.322 e. The van der Waals surface area contributed by atoms with Crippen molar-refractivity contribution < 1.29 is 19.1 Å². The summed E-state index contributed by atoms with van der Waals surface area (Å²) in [6, 6.07) is 30.5. The summed E-state index contributed by atoms with van der Waals surface area (Å²) in [6.45, 7) is -0.0703. The molecule has 8 heteroatoms. The molecule has 1 aliphatic heterocycles. The van der Waals surface area contributed by atoms with E-state index in [1.54, 1.807) is 19.1 Å². The van der Waals surface area contributed by atoms with Gasteiger partial charge in [-0.3, -0.25) is 9.69 Å². The summed E-state index contributed by atoms with van der Waals surface area (Å²) in [7, 11) is 3.25. The lowest BCUT2D eigenvalue weighted by Gasteiger charge is -2.40. The Hall–Kier alpha value is -5.24. The fourth-order valence-corrected chi connectivity index (χ4v) is 6.11. The molecule has 2 aliphatic rings. The van der Waals surface area contributed by atoms with Crippen LogP contribution >= 0.6 is 0 Å². The van der Waals surface area contributed by atoms with Gasteiger partial charge in [0.05, 0.1) is 37.0 Å². The second-order valence-electron chi connectivity index (χ2n) is 10.9. The van der Waals surface area contributed by atoms with Crippen molar-refractivity contribution in [1.82, 2.24) is 9.47 Å². The number of benzene rings is 4. The Morgan fingerprint density at radius 1 is 0.860 bits per heavy atom. The van der Waals surface area contributed by atoms with Crippen LogP contribution in [0, 0.1) is 0 Å². The molecule has 1 aliphatic carbocycles. The molecule has 0 spiro atoms. The van der Waals surface area contributed by atoms with Gasteiger partial charge in [0.2, 0.25) is 5.91 Å². The van der Waals surface area contributed by atoms with E-state index in [-0.39, 0.29) is 24.5 Å². The average Bonchev–Trinajstić information content (AvgIpc) is 3.77. The zero-order valence-electron chi connectivity index (χ0n) is 24.1. The fourth-order valence-electron chi connectivity index (χ4n) is 6.11. The van der Waals surface area contributed by atoms with Crippen molar-refractivity contribution in [2.24, 2.45) is 0 Å². The van der Waals surface area contributed by atoms with Crippen molar-refractivity contribution in [1.29, 1.82) is 0 Å². The lowest BCUT2D eigenvalue weighted by atomic mass is 9.96. The van der Waals surface area contributed by atoms with Crippen LogP contribution in [-0.2, 0) is 4.79 Å². The summed E-state index contributed by atoms with van der Waals surface area (Å²) in [4.78, 5) is 31.9. The third-order valence-corrected chi connectivity index (χ3v) is 8.30. The highest BCUT2D eigenvalue weighted by atomic mass is 16.5. The molecule has 1 aromatic heterocycles. The zero-order valence-corrected chi connectivity index (χ0v) is 24.1. The highest BCUT2D eigenvalue weighted by Crippen LogP contribution is 2.45. The largest absolute Gasteiger partial charge is 0.497 e. The number of amides is 3. The first-order chi connectivity index (χ1) is 21.1. The van der Waals surface area contributed by atoms with Crippen LogP contribution in [0.5, 0.6) is 11.5 Å². The molecule has 7 rings (SSSR count). The van der Waals surface area contributed by atoms with Gasteiger partial charge in [-0.2, -0.15) is 0 Å². The summed E-state index contributed by atoms with van der Waals surface area (Å²) >= 11 is 0. The van der Waals surface area contributed by atoms with Gasteiger partial charge in [-0.1, -0.05) is 48.5 Å². The molecular weight excluding hydrogens is 540 g/mol. The zero-order chi connectivity index (χ0) is 29.5. The van der Waals surface area contributed by atoms with E-state index in [1.807, 2.05) is 108 Å². The first kappa shape index (κ1) is 26.6. The highest BCUT2D eigenvalue weighted by Gasteiger charge is 2.41. The number of rotatable bonds is 7. The van der Waals surface area contributed by atoms with Crippen LogP contribution in [0.25, 0.3) is 16.5 Å². The number of methoxy groups -OCH3 is 2. The van der Waals surface area contributed by atoms with Crippen LogP contribution in [-0.4, -0.2) is 48.2 Å². The van der Waals surface area contributed by atoms with E-state index in [1.165, 1.54) is 0 Å². The van der Waals surface area contributed by atoms with Gasteiger partial charge in [0, 0.05) is 23.2 Å². The monoisotopic (exact) mass is 572 g/mol. The molecule has 0 bridgehead atoms. The third kappa shape index (κ3) is 4.74. The van der Waals surface area contributed by atoms with E-state index in [4.69, 9.17) is 9.47 Å². The number of hydrogen-bond acceptors (Lipinski definition) is 4. The number of nitrogens with one attached hydrogen (secondary N) is 1. The number of para-hydroxylation sites is 2. The lowest BCUT2D eigenvalue weighted by molar-refractivity contribution is -0.119. The number of aromatic nitrogens is 1. The van der Waals surface area contributed by atoms with Crippen molar-refractivity contribution in [2.75, 3.05) is 31.0 Å². The number of nitrogens with zero attached hydrogens (tertiary/aromatic N) is 3.